The Kier molecular flexibility index (Phi) is 5.38. The van der Waals surface area contributed by atoms with E-state index in [2.05, 4.69) is 5.32 Å². The molecule has 0 saturated carbocycles. The Morgan fingerprint density at radius 2 is 1.83 bits per heavy atom. The number of nitrogens with one attached hydrogen (secondary N) is 1. The van der Waals surface area contributed by atoms with Crippen LogP contribution in [0, 0.1) is 10.1 Å². The van der Waals surface area contributed by atoms with Crippen molar-refractivity contribution in [2.45, 2.75) is 18.9 Å². The summed E-state index contributed by atoms with van der Waals surface area (Å²) < 4.78 is 10.2. The number of piperidine rings is 1. The molecule has 1 aliphatic heterocycles. The third-order valence-electron chi connectivity index (χ3n) is 4.12. The van der Waals surface area contributed by atoms with E-state index in [9.17, 15) is 14.9 Å². The molecule has 2 rings (SSSR count). The van der Waals surface area contributed by atoms with Gasteiger partial charge in [0.1, 0.15) is 5.56 Å². The highest BCUT2D eigenvalue weighted by Gasteiger charge is 2.30. The maximum Gasteiger partial charge on any atom is 0.286 e. The van der Waals surface area contributed by atoms with E-state index in [-0.39, 0.29) is 22.9 Å². The van der Waals surface area contributed by atoms with Gasteiger partial charge in [0, 0.05) is 25.2 Å². The Hall–Kier alpha value is -2.35. The summed E-state index contributed by atoms with van der Waals surface area (Å²) in [5.74, 6) is 0.170. The van der Waals surface area contributed by atoms with Crippen LogP contribution >= 0.6 is 0 Å². The van der Waals surface area contributed by atoms with Crippen LogP contribution in [0.2, 0.25) is 0 Å². The summed E-state index contributed by atoms with van der Waals surface area (Å²) in [4.78, 5) is 25.1. The maximum absolute atomic E-state index is 12.7. The minimum absolute atomic E-state index is 0.0237. The topological polar surface area (TPSA) is 93.9 Å². The van der Waals surface area contributed by atoms with Gasteiger partial charge in [0.25, 0.3) is 11.6 Å². The molecular weight excluding hydrogens is 302 g/mol. The van der Waals surface area contributed by atoms with Crippen LogP contribution in [-0.4, -0.2) is 56.1 Å². The normalized spacial score (nSPS) is 15.3. The Morgan fingerprint density at radius 1 is 1.26 bits per heavy atom. The average Bonchev–Trinajstić information content (AvgIpc) is 2.59. The molecule has 1 fully saturated rings. The molecule has 0 spiro atoms. The molecule has 1 aliphatic rings. The van der Waals surface area contributed by atoms with Crippen LogP contribution in [0.25, 0.3) is 0 Å². The standard InChI is InChI=1S/C15H21N3O5/c1-16-10-4-6-17(7-5-10)15(19)11-8-13(22-2)14(23-3)9-12(11)18(20)21/h8-10,16H,4-7H2,1-3H3. The molecule has 1 amide bonds. The molecule has 8 nitrogen and oxygen atoms in total. The Balaban J connectivity index is 2.33. The van der Waals surface area contributed by atoms with E-state index in [1.54, 1.807) is 4.90 Å². The summed E-state index contributed by atoms with van der Waals surface area (Å²) >= 11 is 0. The highest BCUT2D eigenvalue weighted by Crippen LogP contribution is 2.35. The fraction of sp³-hybridized carbons (Fsp3) is 0.533. The summed E-state index contributed by atoms with van der Waals surface area (Å²) in [6.07, 6.45) is 1.65. The predicted molar refractivity (Wildman–Crippen MR) is 84.2 cm³/mol. The van der Waals surface area contributed by atoms with E-state index in [1.165, 1.54) is 26.4 Å². The van der Waals surface area contributed by atoms with E-state index in [1.807, 2.05) is 7.05 Å². The summed E-state index contributed by atoms with van der Waals surface area (Å²) in [5, 5.41) is 14.5. The molecular formula is C15H21N3O5. The van der Waals surface area contributed by atoms with Gasteiger partial charge in [0.15, 0.2) is 11.5 Å². The lowest BCUT2D eigenvalue weighted by Crippen LogP contribution is -2.44. The number of carbonyl (C=O) groups excluding carboxylic acids is 1. The van der Waals surface area contributed by atoms with Crippen LogP contribution in [0.5, 0.6) is 11.5 Å². The average molecular weight is 323 g/mol. The molecule has 8 heteroatoms. The highest BCUT2D eigenvalue weighted by molar-refractivity contribution is 5.99. The van der Waals surface area contributed by atoms with Gasteiger partial charge in [-0.2, -0.15) is 0 Å². The first-order chi connectivity index (χ1) is 11.0. The molecule has 1 N–H and O–H groups in total. The van der Waals surface area contributed by atoms with Crippen LogP contribution in [0.1, 0.15) is 23.2 Å². The molecule has 23 heavy (non-hydrogen) atoms. The van der Waals surface area contributed by atoms with Crippen molar-refractivity contribution >= 4 is 11.6 Å². The summed E-state index contributed by atoms with van der Waals surface area (Å²) in [6.45, 7) is 1.13. The van der Waals surface area contributed by atoms with Gasteiger partial charge in [-0.05, 0) is 19.9 Å². The number of amides is 1. The van der Waals surface area contributed by atoms with Crippen molar-refractivity contribution in [1.29, 1.82) is 0 Å². The first-order valence-electron chi connectivity index (χ1n) is 7.38. The Bertz CT molecular complexity index is 597. The number of rotatable bonds is 5. The minimum Gasteiger partial charge on any atom is -0.493 e. The zero-order chi connectivity index (χ0) is 17.0. The second-order valence-corrected chi connectivity index (χ2v) is 5.34. The molecule has 0 aromatic heterocycles. The number of hydrogen-bond donors (Lipinski definition) is 1. The summed E-state index contributed by atoms with van der Waals surface area (Å²) in [6, 6.07) is 2.98. The smallest absolute Gasteiger partial charge is 0.286 e. The van der Waals surface area contributed by atoms with Crippen LogP contribution in [0.4, 0.5) is 5.69 Å². The lowest BCUT2D eigenvalue weighted by atomic mass is 10.0. The molecule has 0 radical (unpaired) electrons. The SMILES string of the molecule is CNC1CCN(C(=O)c2cc(OC)c(OC)cc2[N+](=O)[O-])CC1. The van der Waals surface area contributed by atoms with Crippen molar-refractivity contribution in [2.75, 3.05) is 34.4 Å². The number of likely N-dealkylation sites (tertiary alicyclic amines) is 1. The molecule has 1 aromatic carbocycles. The number of carbonyl (C=O) groups is 1. The van der Waals surface area contributed by atoms with E-state index in [4.69, 9.17) is 9.47 Å². The van der Waals surface area contributed by atoms with Gasteiger partial charge in [0.2, 0.25) is 0 Å². The molecule has 126 valence electrons. The number of nitrogens with zero attached hydrogens (tertiary/aromatic N) is 2. The predicted octanol–water partition coefficient (Wildman–Crippen LogP) is 1.44. The van der Waals surface area contributed by atoms with E-state index in [0.717, 1.165) is 12.8 Å². The van der Waals surface area contributed by atoms with Gasteiger partial charge in [-0.1, -0.05) is 0 Å². The molecule has 0 aliphatic carbocycles. The zero-order valence-corrected chi connectivity index (χ0v) is 13.5. The molecule has 1 heterocycles. The van der Waals surface area contributed by atoms with Crippen LogP contribution in [0.3, 0.4) is 0 Å². The fourth-order valence-corrected chi connectivity index (χ4v) is 2.73. The van der Waals surface area contributed by atoms with E-state index >= 15 is 0 Å². The van der Waals surface area contributed by atoms with Crippen LogP contribution < -0.4 is 14.8 Å². The van der Waals surface area contributed by atoms with Crippen molar-refractivity contribution in [3.05, 3.63) is 27.8 Å². The molecule has 0 unspecified atom stereocenters. The highest BCUT2D eigenvalue weighted by atomic mass is 16.6. The largest absolute Gasteiger partial charge is 0.493 e. The number of methoxy groups -OCH3 is 2. The van der Waals surface area contributed by atoms with Crippen molar-refractivity contribution in [2.24, 2.45) is 0 Å². The fourth-order valence-electron chi connectivity index (χ4n) is 2.73. The maximum atomic E-state index is 12.7. The van der Waals surface area contributed by atoms with Crippen molar-refractivity contribution in [3.63, 3.8) is 0 Å². The van der Waals surface area contributed by atoms with Gasteiger partial charge < -0.3 is 19.7 Å². The number of benzene rings is 1. The van der Waals surface area contributed by atoms with Crippen LogP contribution in [-0.2, 0) is 0 Å². The minimum atomic E-state index is -0.574. The third-order valence-corrected chi connectivity index (χ3v) is 4.12. The van der Waals surface area contributed by atoms with Crippen molar-refractivity contribution in [3.8, 4) is 11.5 Å². The van der Waals surface area contributed by atoms with Crippen LogP contribution in [0.15, 0.2) is 12.1 Å². The number of hydrogen-bond acceptors (Lipinski definition) is 6. The lowest BCUT2D eigenvalue weighted by Gasteiger charge is -2.31. The molecule has 1 saturated heterocycles. The summed E-state index contributed by atoms with van der Waals surface area (Å²) in [5.41, 5.74) is -0.251. The molecule has 1 aromatic rings. The van der Waals surface area contributed by atoms with Gasteiger partial charge >= 0.3 is 0 Å². The lowest BCUT2D eigenvalue weighted by molar-refractivity contribution is -0.385. The number of nitro benzene ring substituents is 1. The van der Waals surface area contributed by atoms with E-state index in [0.29, 0.717) is 24.9 Å². The van der Waals surface area contributed by atoms with Crippen molar-refractivity contribution in [1.82, 2.24) is 10.2 Å². The second-order valence-electron chi connectivity index (χ2n) is 5.34. The van der Waals surface area contributed by atoms with Crippen molar-refractivity contribution < 1.29 is 19.2 Å². The van der Waals surface area contributed by atoms with Gasteiger partial charge in [-0.15, -0.1) is 0 Å². The first-order valence-corrected chi connectivity index (χ1v) is 7.38. The summed E-state index contributed by atoms with van der Waals surface area (Å²) in [7, 11) is 4.71. The second kappa shape index (κ2) is 7.28. The Morgan fingerprint density at radius 3 is 2.30 bits per heavy atom. The first kappa shape index (κ1) is 17.0. The zero-order valence-electron chi connectivity index (χ0n) is 13.5. The molecule has 0 bridgehead atoms. The quantitative estimate of drug-likeness (QED) is 0.651. The monoisotopic (exact) mass is 323 g/mol. The number of ether oxygens (including phenoxy) is 2. The van der Waals surface area contributed by atoms with Gasteiger partial charge in [-0.25, -0.2) is 0 Å². The van der Waals surface area contributed by atoms with Gasteiger partial charge in [0.05, 0.1) is 25.2 Å². The van der Waals surface area contributed by atoms with E-state index < -0.39 is 4.92 Å². The molecule has 0 atom stereocenters. The van der Waals surface area contributed by atoms with Gasteiger partial charge in [-0.3, -0.25) is 14.9 Å². The third kappa shape index (κ3) is 3.53. The number of nitro groups is 1. The Labute approximate surface area is 134 Å².